The van der Waals surface area contributed by atoms with Gasteiger partial charge in [-0.2, -0.15) is 0 Å². The van der Waals surface area contributed by atoms with E-state index >= 15 is 0 Å². The van der Waals surface area contributed by atoms with Crippen LogP contribution in [0.3, 0.4) is 0 Å². The van der Waals surface area contributed by atoms with E-state index in [1.54, 1.807) is 27.7 Å². The summed E-state index contributed by atoms with van der Waals surface area (Å²) in [6.45, 7) is 14.4. The van der Waals surface area contributed by atoms with Crippen LogP contribution in [0, 0.1) is 13.8 Å². The zero-order valence-electron chi connectivity index (χ0n) is 20.9. The molecule has 1 aromatic rings. The highest BCUT2D eigenvalue weighted by Crippen LogP contribution is 2.26. The van der Waals surface area contributed by atoms with E-state index in [2.05, 4.69) is 10.6 Å². The van der Waals surface area contributed by atoms with Gasteiger partial charge < -0.3 is 26.0 Å². The molecule has 9 nitrogen and oxygen atoms in total. The van der Waals surface area contributed by atoms with E-state index in [-0.39, 0.29) is 18.5 Å². The van der Waals surface area contributed by atoms with Gasteiger partial charge in [0.2, 0.25) is 17.7 Å². The Morgan fingerprint density at radius 3 is 2.15 bits per heavy atom. The summed E-state index contributed by atoms with van der Waals surface area (Å²) in [7, 11) is 0. The van der Waals surface area contributed by atoms with Gasteiger partial charge in [-0.25, -0.2) is 4.79 Å². The molecular formula is C24H38N4O5. The molecule has 0 radical (unpaired) electrons. The van der Waals surface area contributed by atoms with Crippen LogP contribution in [0.2, 0.25) is 0 Å². The molecule has 33 heavy (non-hydrogen) atoms. The maximum Gasteiger partial charge on any atom is 0.408 e. The van der Waals surface area contributed by atoms with Crippen molar-refractivity contribution < 1.29 is 23.9 Å². The number of nitrogens with one attached hydrogen (secondary N) is 2. The zero-order chi connectivity index (χ0) is 25.5. The van der Waals surface area contributed by atoms with Crippen molar-refractivity contribution in [2.24, 2.45) is 5.73 Å². The lowest BCUT2D eigenvalue weighted by atomic mass is 9.96. The van der Waals surface area contributed by atoms with Crippen LogP contribution in [-0.4, -0.2) is 52.9 Å². The third kappa shape index (κ3) is 8.75. The predicted molar refractivity (Wildman–Crippen MR) is 126 cm³/mol. The van der Waals surface area contributed by atoms with Crippen LogP contribution in [0.4, 0.5) is 4.79 Å². The van der Waals surface area contributed by atoms with Crippen LogP contribution in [-0.2, 0) is 19.1 Å². The molecule has 0 spiro atoms. The summed E-state index contributed by atoms with van der Waals surface area (Å²) in [6.07, 6.45) is -1.28. The number of carbonyl (C=O) groups excluding carboxylic acids is 4. The first-order valence-electron chi connectivity index (χ1n) is 11.1. The van der Waals surface area contributed by atoms with Gasteiger partial charge in [-0.3, -0.25) is 14.4 Å². The summed E-state index contributed by atoms with van der Waals surface area (Å²) in [5, 5.41) is 5.31. The molecule has 0 fully saturated rings. The minimum atomic E-state index is -1.28. The Bertz CT molecular complexity index is 876. The first-order valence-corrected chi connectivity index (χ1v) is 11.1. The van der Waals surface area contributed by atoms with Crippen LogP contribution < -0.4 is 16.4 Å². The number of alkyl carbamates (subject to hydrolysis) is 1. The molecule has 0 saturated carbocycles. The Kier molecular flexibility index (Phi) is 9.88. The Hall–Kier alpha value is -3.10. The number of aryl methyl sites for hydroxylation is 2. The number of amides is 4. The summed E-state index contributed by atoms with van der Waals surface area (Å²) >= 11 is 0. The minimum absolute atomic E-state index is 0.152. The Morgan fingerprint density at radius 1 is 1.09 bits per heavy atom. The normalized spacial score (nSPS) is 13.1. The maximum absolute atomic E-state index is 13.6. The van der Waals surface area contributed by atoms with E-state index in [0.717, 1.165) is 11.1 Å². The molecule has 0 bridgehead atoms. The van der Waals surface area contributed by atoms with E-state index in [1.807, 2.05) is 45.9 Å². The highest BCUT2D eigenvalue weighted by molar-refractivity contribution is 5.94. The van der Waals surface area contributed by atoms with Crippen molar-refractivity contribution in [3.8, 4) is 0 Å². The number of rotatable bonds is 9. The smallest absolute Gasteiger partial charge is 0.408 e. The molecule has 1 rings (SSSR count). The van der Waals surface area contributed by atoms with Gasteiger partial charge in [0.05, 0.1) is 6.42 Å². The maximum atomic E-state index is 13.6. The summed E-state index contributed by atoms with van der Waals surface area (Å²) < 4.78 is 5.24. The number of nitrogens with zero attached hydrogens (tertiary/aromatic N) is 1. The number of hydrogen-bond donors (Lipinski definition) is 3. The van der Waals surface area contributed by atoms with Crippen molar-refractivity contribution in [3.63, 3.8) is 0 Å². The van der Waals surface area contributed by atoms with Crippen molar-refractivity contribution in [1.29, 1.82) is 0 Å². The summed E-state index contributed by atoms with van der Waals surface area (Å²) in [6, 6.07) is 3.23. The monoisotopic (exact) mass is 462 g/mol. The van der Waals surface area contributed by atoms with Crippen molar-refractivity contribution in [2.45, 2.75) is 85.5 Å². The van der Waals surface area contributed by atoms with Gasteiger partial charge in [0, 0.05) is 12.6 Å². The van der Waals surface area contributed by atoms with Crippen LogP contribution >= 0.6 is 0 Å². The molecule has 2 atom stereocenters. The highest BCUT2D eigenvalue weighted by atomic mass is 16.6. The lowest BCUT2D eigenvalue weighted by Gasteiger charge is -2.34. The summed E-state index contributed by atoms with van der Waals surface area (Å²) in [5.41, 5.74) is 7.07. The largest absolute Gasteiger partial charge is 0.444 e. The molecule has 9 heteroatoms. The second kappa shape index (κ2) is 11.7. The molecule has 4 N–H and O–H groups in total. The van der Waals surface area contributed by atoms with Crippen molar-refractivity contribution in [1.82, 2.24) is 15.5 Å². The number of carbonyl (C=O) groups is 4. The highest BCUT2D eigenvalue weighted by Gasteiger charge is 2.36. The molecule has 4 amide bonds. The molecule has 0 aromatic heterocycles. The van der Waals surface area contributed by atoms with E-state index in [1.165, 1.54) is 4.90 Å². The number of nitrogens with two attached hydrogens (primary N) is 1. The average molecular weight is 463 g/mol. The summed E-state index contributed by atoms with van der Waals surface area (Å²) in [5.74, 6) is -1.73. The van der Waals surface area contributed by atoms with Crippen LogP contribution in [0.15, 0.2) is 18.2 Å². The quantitative estimate of drug-likeness (QED) is 0.519. The SMILES string of the molecule is CCN(C(=O)C(CC(N)=O)NC(=O)OC(C)(C)C)C(C(=O)NC(C)C)c1ccc(C)cc1C. The second-order valence-corrected chi connectivity index (χ2v) is 9.42. The first-order chi connectivity index (χ1) is 15.2. The van der Waals surface area contributed by atoms with Crippen LogP contribution in [0.5, 0.6) is 0 Å². The van der Waals surface area contributed by atoms with Gasteiger partial charge in [0.25, 0.3) is 0 Å². The Morgan fingerprint density at radius 2 is 1.70 bits per heavy atom. The van der Waals surface area contributed by atoms with Gasteiger partial charge in [-0.1, -0.05) is 23.8 Å². The van der Waals surface area contributed by atoms with E-state index in [0.29, 0.717) is 5.56 Å². The second-order valence-electron chi connectivity index (χ2n) is 9.42. The molecule has 1 aromatic carbocycles. The van der Waals surface area contributed by atoms with Crippen molar-refractivity contribution >= 4 is 23.8 Å². The van der Waals surface area contributed by atoms with Crippen LogP contribution in [0.25, 0.3) is 0 Å². The lowest BCUT2D eigenvalue weighted by molar-refractivity contribution is -0.143. The zero-order valence-corrected chi connectivity index (χ0v) is 20.9. The molecule has 0 saturated heterocycles. The standard InChI is InChI=1S/C24H38N4O5/c1-9-28(22(31)18(13-19(25)29)27-23(32)33-24(6,7)8)20(21(30)26-14(2)3)17-11-10-15(4)12-16(17)5/h10-12,14,18,20H,9,13H2,1-8H3,(H2,25,29)(H,26,30)(H,27,32). The fraction of sp³-hybridized carbons (Fsp3) is 0.583. The third-order valence-corrected chi connectivity index (χ3v) is 4.73. The molecule has 0 aliphatic rings. The van der Waals surface area contributed by atoms with Gasteiger partial charge in [0.15, 0.2) is 0 Å². The topological polar surface area (TPSA) is 131 Å². The van der Waals surface area contributed by atoms with Gasteiger partial charge in [0.1, 0.15) is 17.7 Å². The fourth-order valence-electron chi connectivity index (χ4n) is 3.46. The number of benzene rings is 1. The fourth-order valence-corrected chi connectivity index (χ4v) is 3.46. The number of ether oxygens (including phenoxy) is 1. The molecule has 0 heterocycles. The average Bonchev–Trinajstić information content (AvgIpc) is 2.63. The van der Waals surface area contributed by atoms with E-state index in [4.69, 9.17) is 10.5 Å². The van der Waals surface area contributed by atoms with Crippen LogP contribution in [0.1, 0.15) is 70.7 Å². The Balaban J connectivity index is 3.42. The van der Waals surface area contributed by atoms with Gasteiger partial charge in [-0.15, -0.1) is 0 Å². The molecule has 0 aliphatic heterocycles. The molecule has 0 aliphatic carbocycles. The van der Waals surface area contributed by atoms with Gasteiger partial charge in [-0.05, 0) is 66.5 Å². The van der Waals surface area contributed by atoms with E-state index < -0.39 is 42.0 Å². The minimum Gasteiger partial charge on any atom is -0.444 e. The number of hydrogen-bond acceptors (Lipinski definition) is 5. The Labute approximate surface area is 196 Å². The van der Waals surface area contributed by atoms with E-state index in [9.17, 15) is 19.2 Å². The molecule has 2 unspecified atom stereocenters. The number of primary amides is 1. The van der Waals surface area contributed by atoms with Crippen molar-refractivity contribution in [2.75, 3.05) is 6.54 Å². The third-order valence-electron chi connectivity index (χ3n) is 4.73. The van der Waals surface area contributed by atoms with Crippen molar-refractivity contribution in [3.05, 3.63) is 34.9 Å². The number of likely N-dealkylation sites (N-methyl/N-ethyl adjacent to an activating group) is 1. The molecule has 184 valence electrons. The predicted octanol–water partition coefficient (Wildman–Crippen LogP) is 2.49. The first kappa shape index (κ1) is 27.9. The van der Waals surface area contributed by atoms with Gasteiger partial charge >= 0.3 is 6.09 Å². The molecular weight excluding hydrogens is 424 g/mol. The lowest BCUT2D eigenvalue weighted by Crippen LogP contribution is -2.54. The summed E-state index contributed by atoms with van der Waals surface area (Å²) in [4.78, 5) is 52.2.